The van der Waals surface area contributed by atoms with E-state index in [0.717, 1.165) is 6.42 Å². The van der Waals surface area contributed by atoms with Gasteiger partial charge < -0.3 is 25.7 Å². The van der Waals surface area contributed by atoms with E-state index in [-0.39, 0.29) is 34.8 Å². The second kappa shape index (κ2) is 6.97. The van der Waals surface area contributed by atoms with E-state index in [4.69, 9.17) is 0 Å². The van der Waals surface area contributed by atoms with Crippen molar-refractivity contribution in [2.24, 2.45) is 5.92 Å². The summed E-state index contributed by atoms with van der Waals surface area (Å²) < 4.78 is 0. The van der Waals surface area contributed by atoms with Gasteiger partial charge in [0.1, 0.15) is 5.70 Å². The molecule has 0 aromatic heterocycles. The normalized spacial score (nSPS) is 32.9. The third-order valence-corrected chi connectivity index (χ3v) is 6.51. The van der Waals surface area contributed by atoms with Crippen LogP contribution in [-0.2, 0) is 14.4 Å². The number of amides is 2. The summed E-state index contributed by atoms with van der Waals surface area (Å²) in [6, 6.07) is -0.462. The highest BCUT2D eigenvalue weighted by molar-refractivity contribution is 8.03. The van der Waals surface area contributed by atoms with E-state index in [1.165, 1.54) is 16.7 Å². The summed E-state index contributed by atoms with van der Waals surface area (Å²) in [6.45, 7) is 2.17. The zero-order valence-electron chi connectivity index (χ0n) is 14.2. The van der Waals surface area contributed by atoms with Crippen molar-refractivity contribution in [2.45, 2.75) is 49.6 Å². The second-order valence-corrected chi connectivity index (χ2v) is 8.11. The fraction of sp³-hybridized carbons (Fsp3) is 0.688. The van der Waals surface area contributed by atoms with Crippen molar-refractivity contribution in [2.75, 3.05) is 13.6 Å². The molecular weight excluding hydrogens is 346 g/mol. The molecule has 2 fully saturated rings. The molecule has 9 heteroatoms. The molecule has 0 aromatic carbocycles. The Labute approximate surface area is 150 Å². The van der Waals surface area contributed by atoms with Crippen molar-refractivity contribution in [1.29, 1.82) is 0 Å². The fourth-order valence-corrected chi connectivity index (χ4v) is 5.27. The van der Waals surface area contributed by atoms with Crippen LogP contribution in [-0.4, -0.2) is 69.9 Å². The number of rotatable bonds is 5. The van der Waals surface area contributed by atoms with Crippen LogP contribution >= 0.6 is 11.8 Å². The highest BCUT2D eigenvalue weighted by Gasteiger charge is 2.56. The van der Waals surface area contributed by atoms with E-state index in [1.54, 1.807) is 14.0 Å². The molecule has 5 atom stereocenters. The van der Waals surface area contributed by atoms with Crippen molar-refractivity contribution in [3.05, 3.63) is 10.6 Å². The first kappa shape index (κ1) is 18.2. The predicted octanol–water partition coefficient (Wildman–Crippen LogP) is -0.506. The minimum absolute atomic E-state index is 0.0377. The Morgan fingerprint density at radius 1 is 1.40 bits per heavy atom. The van der Waals surface area contributed by atoms with Gasteiger partial charge in [-0.05, 0) is 19.8 Å². The quantitative estimate of drug-likeness (QED) is 0.482. The van der Waals surface area contributed by atoms with Crippen LogP contribution < -0.4 is 10.6 Å². The number of carboxylic acid groups (broad SMARTS) is 1. The Kier molecular flexibility index (Phi) is 5.08. The summed E-state index contributed by atoms with van der Waals surface area (Å²) in [5.41, 5.74) is 0.0605. The van der Waals surface area contributed by atoms with Gasteiger partial charge in [0.2, 0.25) is 11.8 Å². The summed E-state index contributed by atoms with van der Waals surface area (Å²) >= 11 is 1.48. The lowest BCUT2D eigenvalue weighted by atomic mass is 9.83. The monoisotopic (exact) mass is 369 g/mol. The maximum atomic E-state index is 12.2. The van der Waals surface area contributed by atoms with Crippen LogP contribution in [0, 0.1) is 5.92 Å². The lowest BCUT2D eigenvalue weighted by Gasteiger charge is -2.44. The molecule has 2 amide bonds. The van der Waals surface area contributed by atoms with Crippen molar-refractivity contribution >= 4 is 29.5 Å². The fourth-order valence-electron chi connectivity index (χ4n) is 3.87. The summed E-state index contributed by atoms with van der Waals surface area (Å²) in [4.78, 5) is 37.5. The number of aliphatic hydroxyl groups excluding tert-OH is 1. The number of carbonyl (C=O) groups excluding carboxylic acids is 2. The Hall–Kier alpha value is -1.58. The maximum Gasteiger partial charge on any atom is 0.353 e. The molecule has 0 aliphatic carbocycles. The number of carbonyl (C=O) groups is 3. The van der Waals surface area contributed by atoms with E-state index in [1.807, 2.05) is 0 Å². The number of hydrogen-bond acceptors (Lipinski definition) is 6. The van der Waals surface area contributed by atoms with Gasteiger partial charge in [-0.3, -0.25) is 9.59 Å². The van der Waals surface area contributed by atoms with Gasteiger partial charge in [0, 0.05) is 30.2 Å². The van der Waals surface area contributed by atoms with Crippen molar-refractivity contribution in [3.8, 4) is 0 Å². The van der Waals surface area contributed by atoms with E-state index in [9.17, 15) is 24.6 Å². The minimum atomic E-state index is -1.10. The van der Waals surface area contributed by atoms with Crippen LogP contribution in [0.25, 0.3) is 0 Å². The van der Waals surface area contributed by atoms with E-state index >= 15 is 0 Å². The number of aliphatic carboxylic acids is 1. The Balaban J connectivity index is 1.67. The molecule has 3 heterocycles. The van der Waals surface area contributed by atoms with Gasteiger partial charge in [-0.15, -0.1) is 11.8 Å². The molecule has 138 valence electrons. The van der Waals surface area contributed by atoms with Gasteiger partial charge >= 0.3 is 5.97 Å². The summed E-state index contributed by atoms with van der Waals surface area (Å²) in [6.07, 6.45) is 1.18. The van der Waals surface area contributed by atoms with Gasteiger partial charge in [-0.2, -0.15) is 0 Å². The van der Waals surface area contributed by atoms with E-state index in [0.29, 0.717) is 24.3 Å². The molecule has 4 N–H and O–H groups in total. The van der Waals surface area contributed by atoms with Gasteiger partial charge in [0.15, 0.2) is 0 Å². The first-order valence-corrected chi connectivity index (χ1v) is 9.32. The summed E-state index contributed by atoms with van der Waals surface area (Å²) in [7, 11) is 1.60. The standard InChI is InChI=1S/C16H23N3O5S/c1-7(20)12-10-5-11(13(16(23)24)19(10)15(12)22)25-8-3-4-9(18-6-8)14(21)17-2/h7-10,12,18,20H,3-6H2,1-2H3,(H,17,21)(H,23,24)/t7-,8+,9+,10-,12-/m1/s1. The molecule has 0 bridgehead atoms. The molecule has 2 saturated heterocycles. The topological polar surface area (TPSA) is 119 Å². The molecule has 3 aliphatic rings. The SMILES string of the molecule is CNC(=O)[C@@H]1CC[C@H](SC2=C(C(=O)O)N3C(=O)[C@H]([C@@H](C)O)[C@H]3C2)CN1. The molecule has 3 aliphatic heterocycles. The van der Waals surface area contributed by atoms with Crippen molar-refractivity contribution < 1.29 is 24.6 Å². The van der Waals surface area contributed by atoms with Crippen LogP contribution in [0.2, 0.25) is 0 Å². The average Bonchev–Trinajstić information content (AvgIpc) is 2.88. The first-order chi connectivity index (χ1) is 11.8. The lowest BCUT2D eigenvalue weighted by molar-refractivity contribution is -0.161. The lowest BCUT2D eigenvalue weighted by Crippen LogP contribution is -2.61. The van der Waals surface area contributed by atoms with Crippen LogP contribution in [0.4, 0.5) is 0 Å². The van der Waals surface area contributed by atoms with Crippen molar-refractivity contribution in [3.63, 3.8) is 0 Å². The smallest absolute Gasteiger partial charge is 0.353 e. The Morgan fingerprint density at radius 3 is 2.64 bits per heavy atom. The second-order valence-electron chi connectivity index (χ2n) is 6.72. The molecule has 0 spiro atoms. The molecule has 0 aromatic rings. The molecule has 0 radical (unpaired) electrons. The van der Waals surface area contributed by atoms with Gasteiger partial charge in [0.05, 0.1) is 24.1 Å². The number of piperidine rings is 1. The maximum absolute atomic E-state index is 12.2. The van der Waals surface area contributed by atoms with Gasteiger partial charge in [0.25, 0.3) is 0 Å². The molecule has 0 saturated carbocycles. The number of nitrogens with zero attached hydrogens (tertiary/aromatic N) is 1. The van der Waals surface area contributed by atoms with Crippen molar-refractivity contribution in [1.82, 2.24) is 15.5 Å². The Morgan fingerprint density at radius 2 is 2.12 bits per heavy atom. The third kappa shape index (κ3) is 3.16. The predicted molar refractivity (Wildman–Crippen MR) is 91.6 cm³/mol. The average molecular weight is 369 g/mol. The number of likely N-dealkylation sites (N-methyl/N-ethyl adjacent to an activating group) is 1. The van der Waals surface area contributed by atoms with Crippen LogP contribution in [0.15, 0.2) is 10.6 Å². The molecular formula is C16H23N3O5S. The number of aliphatic hydroxyl groups is 1. The minimum Gasteiger partial charge on any atom is -0.477 e. The number of nitrogens with one attached hydrogen (secondary N) is 2. The number of thioether (sulfide) groups is 1. The highest BCUT2D eigenvalue weighted by atomic mass is 32.2. The zero-order chi connectivity index (χ0) is 18.3. The number of hydrogen-bond donors (Lipinski definition) is 4. The number of fused-ring (bicyclic) bond motifs is 1. The number of carboxylic acids is 1. The summed E-state index contributed by atoms with van der Waals surface area (Å²) in [5, 5.41) is 25.3. The summed E-state index contributed by atoms with van der Waals surface area (Å²) in [5.74, 6) is -1.97. The van der Waals surface area contributed by atoms with Crippen LogP contribution in [0.5, 0.6) is 0 Å². The van der Waals surface area contributed by atoms with E-state index in [2.05, 4.69) is 10.6 Å². The Bertz CT molecular complexity index is 627. The van der Waals surface area contributed by atoms with Gasteiger partial charge in [-0.25, -0.2) is 4.79 Å². The number of β-lactam (4-membered cyclic amide) rings is 1. The van der Waals surface area contributed by atoms with E-state index < -0.39 is 18.0 Å². The largest absolute Gasteiger partial charge is 0.477 e. The molecule has 0 unspecified atom stereocenters. The highest BCUT2D eigenvalue weighted by Crippen LogP contribution is 2.48. The first-order valence-electron chi connectivity index (χ1n) is 8.44. The van der Waals surface area contributed by atoms with Gasteiger partial charge in [-0.1, -0.05) is 0 Å². The molecule has 8 nitrogen and oxygen atoms in total. The third-order valence-electron chi connectivity index (χ3n) is 5.13. The van der Waals surface area contributed by atoms with Crippen LogP contribution in [0.1, 0.15) is 26.2 Å². The van der Waals surface area contributed by atoms with Crippen LogP contribution in [0.3, 0.4) is 0 Å². The zero-order valence-corrected chi connectivity index (χ0v) is 15.0. The molecule has 3 rings (SSSR count). The molecule has 25 heavy (non-hydrogen) atoms.